The van der Waals surface area contributed by atoms with Crippen LogP contribution in [0.25, 0.3) is 11.1 Å². The Labute approximate surface area is 119 Å². The maximum atomic E-state index is 12.0. The van der Waals surface area contributed by atoms with Crippen LogP contribution in [0.1, 0.15) is 30.4 Å². The minimum Gasteiger partial charge on any atom is -0.251 e. The predicted molar refractivity (Wildman–Crippen MR) is 80.1 cm³/mol. The third-order valence-corrected chi connectivity index (χ3v) is 3.40. The molecule has 0 heterocycles. The van der Waals surface area contributed by atoms with Crippen LogP contribution in [-0.4, -0.2) is 6.67 Å². The first-order valence-corrected chi connectivity index (χ1v) is 6.99. The Hall–Kier alpha value is -2.14. The molecule has 0 saturated carbocycles. The topological polar surface area (TPSA) is 23.8 Å². The number of benzene rings is 2. The van der Waals surface area contributed by atoms with Crippen molar-refractivity contribution in [2.24, 2.45) is 0 Å². The highest BCUT2D eigenvalue weighted by Crippen LogP contribution is 2.21. The molecule has 0 amide bonds. The molecule has 2 aromatic carbocycles. The molecule has 2 aromatic rings. The minimum atomic E-state index is -0.211. The van der Waals surface area contributed by atoms with Gasteiger partial charge in [-0.1, -0.05) is 42.8 Å². The van der Waals surface area contributed by atoms with Crippen LogP contribution in [0.4, 0.5) is 4.39 Å². The molecule has 0 N–H and O–H groups in total. The summed E-state index contributed by atoms with van der Waals surface area (Å²) in [6, 6.07) is 18.2. The van der Waals surface area contributed by atoms with Crippen LogP contribution in [0.15, 0.2) is 48.5 Å². The van der Waals surface area contributed by atoms with E-state index in [0.29, 0.717) is 12.0 Å². The first kappa shape index (κ1) is 14.3. The number of hydrogen-bond acceptors (Lipinski definition) is 1. The van der Waals surface area contributed by atoms with E-state index in [1.165, 1.54) is 5.56 Å². The van der Waals surface area contributed by atoms with Gasteiger partial charge in [0.25, 0.3) is 0 Å². The fraction of sp³-hybridized carbons (Fsp3) is 0.278. The van der Waals surface area contributed by atoms with Crippen LogP contribution in [-0.2, 0) is 6.42 Å². The molecule has 0 spiro atoms. The zero-order valence-electron chi connectivity index (χ0n) is 11.5. The molecule has 0 aliphatic carbocycles. The lowest BCUT2D eigenvalue weighted by Crippen LogP contribution is -1.87. The Morgan fingerprint density at radius 3 is 1.95 bits per heavy atom. The first-order chi connectivity index (χ1) is 9.83. The molecule has 0 bridgehead atoms. The van der Waals surface area contributed by atoms with Gasteiger partial charge in [0.1, 0.15) is 0 Å². The van der Waals surface area contributed by atoms with Crippen molar-refractivity contribution in [2.45, 2.75) is 25.7 Å². The van der Waals surface area contributed by atoms with Gasteiger partial charge < -0.3 is 0 Å². The van der Waals surface area contributed by atoms with E-state index in [2.05, 4.69) is 30.3 Å². The highest BCUT2D eigenvalue weighted by molar-refractivity contribution is 5.64. The summed E-state index contributed by atoms with van der Waals surface area (Å²) in [7, 11) is 0. The smallest absolute Gasteiger partial charge is 0.0991 e. The van der Waals surface area contributed by atoms with Gasteiger partial charge in [-0.25, -0.2) is 0 Å². The van der Waals surface area contributed by atoms with E-state index in [9.17, 15) is 4.39 Å². The van der Waals surface area contributed by atoms with Crippen molar-refractivity contribution in [2.75, 3.05) is 6.67 Å². The Morgan fingerprint density at radius 2 is 1.40 bits per heavy atom. The van der Waals surface area contributed by atoms with Crippen LogP contribution >= 0.6 is 0 Å². The Balaban J connectivity index is 1.98. The van der Waals surface area contributed by atoms with Gasteiger partial charge in [-0.2, -0.15) is 5.26 Å². The predicted octanol–water partition coefficient (Wildman–Crippen LogP) is 4.91. The normalized spacial score (nSPS) is 10.2. The lowest BCUT2D eigenvalue weighted by Gasteiger charge is -2.05. The number of halogens is 1. The van der Waals surface area contributed by atoms with Gasteiger partial charge in [-0.15, -0.1) is 0 Å². The van der Waals surface area contributed by atoms with E-state index < -0.39 is 0 Å². The highest BCUT2D eigenvalue weighted by atomic mass is 19.1. The molecule has 1 nitrogen and oxygen atoms in total. The van der Waals surface area contributed by atoms with E-state index >= 15 is 0 Å². The van der Waals surface area contributed by atoms with E-state index in [1.54, 1.807) is 0 Å². The van der Waals surface area contributed by atoms with E-state index in [1.807, 2.05) is 24.3 Å². The number of rotatable bonds is 6. The quantitative estimate of drug-likeness (QED) is 0.682. The molecule has 0 fully saturated rings. The van der Waals surface area contributed by atoms with Crippen molar-refractivity contribution >= 4 is 0 Å². The summed E-state index contributed by atoms with van der Waals surface area (Å²) in [5.41, 5.74) is 4.24. The lowest BCUT2D eigenvalue weighted by molar-refractivity contribution is 0.456. The summed E-state index contributed by atoms with van der Waals surface area (Å²) in [6.45, 7) is -0.211. The zero-order valence-corrected chi connectivity index (χ0v) is 11.5. The van der Waals surface area contributed by atoms with Gasteiger partial charge in [-0.3, -0.25) is 4.39 Å². The van der Waals surface area contributed by atoms with Gasteiger partial charge in [0, 0.05) is 0 Å². The molecule has 0 aliphatic rings. The van der Waals surface area contributed by atoms with Gasteiger partial charge >= 0.3 is 0 Å². The van der Waals surface area contributed by atoms with Crippen molar-refractivity contribution in [3.8, 4) is 17.2 Å². The number of nitrogens with zero attached hydrogens (tertiary/aromatic N) is 1. The van der Waals surface area contributed by atoms with Gasteiger partial charge in [0.05, 0.1) is 18.3 Å². The second-order valence-corrected chi connectivity index (χ2v) is 4.89. The second-order valence-electron chi connectivity index (χ2n) is 4.89. The third kappa shape index (κ3) is 3.93. The Kier molecular flexibility index (Phi) is 5.32. The Morgan fingerprint density at radius 1 is 0.800 bits per heavy atom. The standard InChI is InChI=1S/C18H18FN/c19-13-3-1-2-4-15-5-9-17(10-6-15)18-11-7-16(14-20)8-12-18/h5-12H,1-4,13H2. The van der Waals surface area contributed by atoms with Crippen molar-refractivity contribution in [1.29, 1.82) is 5.26 Å². The molecule has 102 valence electrons. The average molecular weight is 267 g/mol. The molecular formula is C18H18FN. The summed E-state index contributed by atoms with van der Waals surface area (Å²) in [5.74, 6) is 0. The van der Waals surface area contributed by atoms with E-state index in [4.69, 9.17) is 5.26 Å². The molecule has 0 unspecified atom stereocenters. The van der Waals surface area contributed by atoms with Gasteiger partial charge in [-0.05, 0) is 48.1 Å². The zero-order chi connectivity index (χ0) is 14.2. The Bertz CT molecular complexity index is 564. The molecule has 0 saturated heterocycles. The summed E-state index contributed by atoms with van der Waals surface area (Å²) in [6.07, 6.45) is 3.67. The van der Waals surface area contributed by atoms with Crippen molar-refractivity contribution in [3.63, 3.8) is 0 Å². The molecule has 0 aliphatic heterocycles. The van der Waals surface area contributed by atoms with Gasteiger partial charge in [0.15, 0.2) is 0 Å². The molecule has 0 aromatic heterocycles. The summed E-state index contributed by atoms with van der Waals surface area (Å²) < 4.78 is 12.0. The fourth-order valence-corrected chi connectivity index (χ4v) is 2.20. The number of unbranched alkanes of at least 4 members (excludes halogenated alkanes) is 2. The van der Waals surface area contributed by atoms with Crippen molar-refractivity contribution in [3.05, 3.63) is 59.7 Å². The summed E-state index contributed by atoms with van der Waals surface area (Å²) >= 11 is 0. The number of alkyl halides is 1. The average Bonchev–Trinajstić information content (AvgIpc) is 2.52. The van der Waals surface area contributed by atoms with Gasteiger partial charge in [0.2, 0.25) is 0 Å². The minimum absolute atomic E-state index is 0.211. The number of hydrogen-bond donors (Lipinski definition) is 0. The third-order valence-electron chi connectivity index (χ3n) is 3.40. The SMILES string of the molecule is N#Cc1ccc(-c2ccc(CCCCCF)cc2)cc1. The second kappa shape index (κ2) is 7.45. The van der Waals surface area contributed by atoms with E-state index in [-0.39, 0.29) is 6.67 Å². The molecule has 2 rings (SSSR count). The maximum absolute atomic E-state index is 12.0. The molecule has 20 heavy (non-hydrogen) atoms. The fourth-order valence-electron chi connectivity index (χ4n) is 2.20. The maximum Gasteiger partial charge on any atom is 0.0991 e. The lowest BCUT2D eigenvalue weighted by atomic mass is 10.0. The molecular weight excluding hydrogens is 249 g/mol. The largest absolute Gasteiger partial charge is 0.251 e. The first-order valence-electron chi connectivity index (χ1n) is 6.99. The molecule has 0 atom stereocenters. The summed E-state index contributed by atoms with van der Waals surface area (Å²) in [5, 5.41) is 8.78. The van der Waals surface area contributed by atoms with Crippen molar-refractivity contribution in [1.82, 2.24) is 0 Å². The van der Waals surface area contributed by atoms with Crippen LogP contribution < -0.4 is 0 Å². The van der Waals surface area contributed by atoms with Crippen LogP contribution in [0.2, 0.25) is 0 Å². The highest BCUT2D eigenvalue weighted by Gasteiger charge is 1.99. The van der Waals surface area contributed by atoms with Crippen LogP contribution in [0.3, 0.4) is 0 Å². The summed E-state index contributed by atoms with van der Waals surface area (Å²) in [4.78, 5) is 0. The van der Waals surface area contributed by atoms with Crippen LogP contribution in [0.5, 0.6) is 0 Å². The number of aryl methyl sites for hydroxylation is 1. The monoisotopic (exact) mass is 267 g/mol. The molecule has 2 heteroatoms. The molecule has 0 radical (unpaired) electrons. The van der Waals surface area contributed by atoms with E-state index in [0.717, 1.165) is 30.4 Å². The number of nitriles is 1. The van der Waals surface area contributed by atoms with Crippen LogP contribution in [0, 0.1) is 11.3 Å². The van der Waals surface area contributed by atoms with Crippen molar-refractivity contribution < 1.29 is 4.39 Å².